The number of ether oxygens (including phenoxy) is 1. The van der Waals surface area contributed by atoms with Crippen LogP contribution in [0.3, 0.4) is 0 Å². The van der Waals surface area contributed by atoms with Crippen LogP contribution in [0, 0.1) is 35.3 Å². The third-order valence-electron chi connectivity index (χ3n) is 2.60. The second-order valence-electron chi connectivity index (χ2n) is 4.15. The van der Waals surface area contributed by atoms with Gasteiger partial charge in [-0.3, -0.25) is 10.1 Å². The molecule has 0 aliphatic heterocycles. The summed E-state index contributed by atoms with van der Waals surface area (Å²) in [7, 11) is 0. The number of benzene rings is 1. The fourth-order valence-electron chi connectivity index (χ4n) is 1.78. The molecule has 0 bridgehead atoms. The molecule has 100 valence electrons. The molecule has 0 spiro atoms. The minimum absolute atomic E-state index is 0.0509. The number of nitro groups is 1. The SMILES string of the molecule is Cc1cc(C)c(Oc2nnccc2C#N)c([N+](=O)[O-])c1. The fraction of sp³-hybridized carbons (Fsp3) is 0.154. The molecular formula is C13H10N4O3. The molecule has 20 heavy (non-hydrogen) atoms. The Kier molecular flexibility index (Phi) is 3.57. The topological polar surface area (TPSA) is 102 Å². The van der Waals surface area contributed by atoms with Crippen molar-refractivity contribution in [3.8, 4) is 17.7 Å². The van der Waals surface area contributed by atoms with Gasteiger partial charge in [0.2, 0.25) is 5.75 Å². The van der Waals surface area contributed by atoms with E-state index in [1.807, 2.05) is 6.07 Å². The number of aromatic nitrogens is 2. The molecule has 1 aromatic heterocycles. The van der Waals surface area contributed by atoms with Gasteiger partial charge in [-0.05, 0) is 31.0 Å². The van der Waals surface area contributed by atoms with Gasteiger partial charge in [-0.25, -0.2) is 0 Å². The second kappa shape index (κ2) is 5.32. The van der Waals surface area contributed by atoms with Crippen LogP contribution in [0.25, 0.3) is 0 Å². The van der Waals surface area contributed by atoms with Crippen molar-refractivity contribution in [1.82, 2.24) is 10.2 Å². The Balaban J connectivity index is 2.54. The molecular weight excluding hydrogens is 260 g/mol. The molecule has 7 nitrogen and oxygen atoms in total. The third kappa shape index (κ3) is 2.54. The lowest BCUT2D eigenvalue weighted by Crippen LogP contribution is -2.00. The predicted molar refractivity (Wildman–Crippen MR) is 69.4 cm³/mol. The Morgan fingerprint density at radius 2 is 2.15 bits per heavy atom. The molecule has 0 fully saturated rings. The van der Waals surface area contributed by atoms with Crippen molar-refractivity contribution in [2.24, 2.45) is 0 Å². The molecule has 1 aromatic carbocycles. The van der Waals surface area contributed by atoms with Gasteiger partial charge >= 0.3 is 5.69 Å². The maximum absolute atomic E-state index is 11.1. The Bertz CT molecular complexity index is 722. The van der Waals surface area contributed by atoms with E-state index in [0.29, 0.717) is 5.56 Å². The fourth-order valence-corrected chi connectivity index (χ4v) is 1.78. The van der Waals surface area contributed by atoms with Crippen LogP contribution < -0.4 is 4.74 Å². The van der Waals surface area contributed by atoms with E-state index in [1.165, 1.54) is 18.3 Å². The number of nitriles is 1. The van der Waals surface area contributed by atoms with Gasteiger partial charge in [0.25, 0.3) is 5.88 Å². The second-order valence-corrected chi connectivity index (χ2v) is 4.15. The van der Waals surface area contributed by atoms with Gasteiger partial charge in [0.05, 0.1) is 11.1 Å². The van der Waals surface area contributed by atoms with Crippen molar-refractivity contribution < 1.29 is 9.66 Å². The van der Waals surface area contributed by atoms with Crippen LogP contribution in [0.5, 0.6) is 11.6 Å². The molecule has 0 radical (unpaired) electrons. The van der Waals surface area contributed by atoms with Gasteiger partial charge in [0.15, 0.2) is 0 Å². The van der Waals surface area contributed by atoms with Gasteiger partial charge in [-0.2, -0.15) is 10.4 Å². The first-order valence-corrected chi connectivity index (χ1v) is 5.68. The van der Waals surface area contributed by atoms with E-state index >= 15 is 0 Å². The summed E-state index contributed by atoms with van der Waals surface area (Å²) >= 11 is 0. The molecule has 2 aromatic rings. The summed E-state index contributed by atoms with van der Waals surface area (Å²) in [6.07, 6.45) is 1.35. The maximum Gasteiger partial charge on any atom is 0.312 e. The summed E-state index contributed by atoms with van der Waals surface area (Å²) in [5.74, 6) is 0.0163. The summed E-state index contributed by atoms with van der Waals surface area (Å²) in [5.41, 5.74) is 1.33. The number of nitro benzene ring substituents is 1. The molecule has 2 rings (SSSR count). The predicted octanol–water partition coefficient (Wildman–Crippen LogP) is 2.67. The largest absolute Gasteiger partial charge is 0.429 e. The normalized spacial score (nSPS) is 9.85. The molecule has 0 unspecified atom stereocenters. The van der Waals surface area contributed by atoms with Gasteiger partial charge in [-0.15, -0.1) is 5.10 Å². The molecule has 0 N–H and O–H groups in total. The first-order valence-electron chi connectivity index (χ1n) is 5.68. The Hall–Kier alpha value is -3.01. The minimum atomic E-state index is -0.530. The molecule has 0 aliphatic carbocycles. The molecule has 7 heteroatoms. The molecule has 1 heterocycles. The Morgan fingerprint density at radius 1 is 1.40 bits per heavy atom. The summed E-state index contributed by atoms with van der Waals surface area (Å²) in [6.45, 7) is 3.45. The van der Waals surface area contributed by atoms with Crippen LogP contribution in [0.4, 0.5) is 5.69 Å². The van der Waals surface area contributed by atoms with Crippen LogP contribution in [0.15, 0.2) is 24.4 Å². The lowest BCUT2D eigenvalue weighted by Gasteiger charge is -2.09. The summed E-state index contributed by atoms with van der Waals surface area (Å²) in [5, 5.41) is 27.4. The molecule has 0 aliphatic rings. The van der Waals surface area contributed by atoms with E-state index in [1.54, 1.807) is 19.9 Å². The highest BCUT2D eigenvalue weighted by Gasteiger charge is 2.21. The van der Waals surface area contributed by atoms with Crippen LogP contribution in [0.1, 0.15) is 16.7 Å². The average Bonchev–Trinajstić information content (AvgIpc) is 2.41. The zero-order chi connectivity index (χ0) is 14.7. The standard InChI is InChI=1S/C13H10N4O3/c1-8-5-9(2)12(11(6-8)17(18)19)20-13-10(7-14)3-4-15-16-13/h3-6H,1-2H3. The van der Waals surface area contributed by atoms with Crippen LogP contribution in [-0.2, 0) is 0 Å². The number of rotatable bonds is 3. The number of hydrogen-bond acceptors (Lipinski definition) is 6. The van der Waals surface area contributed by atoms with Crippen molar-refractivity contribution in [1.29, 1.82) is 5.26 Å². The van der Waals surface area contributed by atoms with E-state index in [0.717, 1.165) is 5.56 Å². The quantitative estimate of drug-likeness (QED) is 0.627. The summed E-state index contributed by atoms with van der Waals surface area (Å²) in [6, 6.07) is 6.49. The van der Waals surface area contributed by atoms with Crippen molar-refractivity contribution in [3.05, 3.63) is 51.2 Å². The lowest BCUT2D eigenvalue weighted by molar-refractivity contribution is -0.385. The van der Waals surface area contributed by atoms with Crippen molar-refractivity contribution >= 4 is 5.69 Å². The van der Waals surface area contributed by atoms with Crippen molar-refractivity contribution in [3.63, 3.8) is 0 Å². The number of nitrogens with zero attached hydrogens (tertiary/aromatic N) is 4. The Morgan fingerprint density at radius 3 is 2.80 bits per heavy atom. The highest BCUT2D eigenvalue weighted by molar-refractivity contribution is 5.55. The first-order chi connectivity index (χ1) is 9.52. The van der Waals surface area contributed by atoms with E-state index < -0.39 is 4.92 Å². The van der Waals surface area contributed by atoms with Crippen LogP contribution in [0.2, 0.25) is 0 Å². The summed E-state index contributed by atoms with van der Waals surface area (Å²) < 4.78 is 5.44. The van der Waals surface area contributed by atoms with Crippen LogP contribution >= 0.6 is 0 Å². The molecule has 0 atom stereocenters. The van der Waals surface area contributed by atoms with Gasteiger partial charge in [-0.1, -0.05) is 6.07 Å². The van der Waals surface area contributed by atoms with Gasteiger partial charge in [0.1, 0.15) is 11.6 Å². The van der Waals surface area contributed by atoms with Crippen LogP contribution in [-0.4, -0.2) is 15.1 Å². The maximum atomic E-state index is 11.1. The molecule has 0 saturated heterocycles. The zero-order valence-corrected chi connectivity index (χ0v) is 10.8. The van der Waals surface area contributed by atoms with Crippen molar-refractivity contribution in [2.75, 3.05) is 0 Å². The van der Waals surface area contributed by atoms with Gasteiger partial charge in [0, 0.05) is 6.07 Å². The van der Waals surface area contributed by atoms with E-state index in [4.69, 9.17) is 10.00 Å². The highest BCUT2D eigenvalue weighted by Crippen LogP contribution is 2.35. The number of aryl methyl sites for hydroxylation is 2. The smallest absolute Gasteiger partial charge is 0.312 e. The van der Waals surface area contributed by atoms with Gasteiger partial charge < -0.3 is 4.74 Å². The monoisotopic (exact) mass is 270 g/mol. The zero-order valence-electron chi connectivity index (χ0n) is 10.8. The lowest BCUT2D eigenvalue weighted by atomic mass is 10.1. The number of hydrogen-bond donors (Lipinski definition) is 0. The van der Waals surface area contributed by atoms with E-state index in [-0.39, 0.29) is 22.9 Å². The van der Waals surface area contributed by atoms with Crippen molar-refractivity contribution in [2.45, 2.75) is 13.8 Å². The average molecular weight is 270 g/mol. The minimum Gasteiger partial charge on any atom is -0.429 e. The Labute approximate surface area is 114 Å². The molecule has 0 amide bonds. The third-order valence-corrected chi connectivity index (χ3v) is 2.60. The highest BCUT2D eigenvalue weighted by atomic mass is 16.6. The first kappa shape index (κ1) is 13.4. The molecule has 0 saturated carbocycles. The van der Waals surface area contributed by atoms with E-state index in [2.05, 4.69) is 10.2 Å². The van der Waals surface area contributed by atoms with E-state index in [9.17, 15) is 10.1 Å². The summed E-state index contributed by atoms with van der Waals surface area (Å²) in [4.78, 5) is 10.6.